The molecule has 0 aliphatic carbocycles. The molecule has 30 heavy (non-hydrogen) atoms. The summed E-state index contributed by atoms with van der Waals surface area (Å²) in [7, 11) is 0. The number of rotatable bonds is 5. The van der Waals surface area contributed by atoms with Crippen LogP contribution in [0.25, 0.3) is 6.08 Å². The second-order valence-corrected chi connectivity index (χ2v) is 6.38. The van der Waals surface area contributed by atoms with Crippen LogP contribution in [0.1, 0.15) is 22.3 Å². The molecule has 2 N–H and O–H groups in total. The molecule has 1 aromatic heterocycles. The van der Waals surface area contributed by atoms with Gasteiger partial charge in [0.25, 0.3) is 0 Å². The van der Waals surface area contributed by atoms with Gasteiger partial charge in [0.2, 0.25) is 0 Å². The van der Waals surface area contributed by atoms with Crippen molar-refractivity contribution in [3.05, 3.63) is 68.1 Å². The summed E-state index contributed by atoms with van der Waals surface area (Å²) < 4.78 is 77.1. The number of benzene rings is 1. The number of hydrogen-bond acceptors (Lipinski definition) is 6. The van der Waals surface area contributed by atoms with E-state index in [9.17, 15) is 41.3 Å². The Morgan fingerprint density at radius 2 is 1.67 bits per heavy atom. The molecule has 0 saturated carbocycles. The van der Waals surface area contributed by atoms with E-state index >= 15 is 0 Å². The van der Waals surface area contributed by atoms with Gasteiger partial charge in [0.15, 0.2) is 5.84 Å². The van der Waals surface area contributed by atoms with Crippen LogP contribution in [0.4, 0.5) is 31.3 Å². The fraction of sp³-hybridized carbons (Fsp3) is 0.125. The summed E-state index contributed by atoms with van der Waals surface area (Å²) in [5.74, 6) is -2.07. The van der Waals surface area contributed by atoms with Crippen LogP contribution in [-0.2, 0) is 22.0 Å². The highest BCUT2D eigenvalue weighted by Crippen LogP contribution is 2.36. The Hall–Kier alpha value is -3.42. The van der Waals surface area contributed by atoms with Crippen molar-refractivity contribution in [3.63, 3.8) is 0 Å². The van der Waals surface area contributed by atoms with Crippen molar-refractivity contribution in [2.75, 3.05) is 0 Å². The molecule has 0 radical (unpaired) electrons. The minimum Gasteiger partial charge on any atom is -0.380 e. The number of thiophene rings is 1. The molecule has 0 atom stereocenters. The average molecular weight is 453 g/mol. The predicted octanol–water partition coefficient (Wildman–Crippen LogP) is 4.57. The van der Waals surface area contributed by atoms with Gasteiger partial charge in [0.1, 0.15) is 0 Å². The monoisotopic (exact) mass is 453 g/mol. The van der Waals surface area contributed by atoms with Crippen molar-refractivity contribution in [2.24, 2.45) is 10.9 Å². The first-order valence-corrected chi connectivity index (χ1v) is 8.40. The van der Waals surface area contributed by atoms with Crippen molar-refractivity contribution in [3.8, 4) is 0 Å². The van der Waals surface area contributed by atoms with Crippen molar-refractivity contribution < 1.29 is 40.9 Å². The summed E-state index contributed by atoms with van der Waals surface area (Å²) in [4.78, 5) is 25.8. The molecule has 0 aliphatic heterocycles. The van der Waals surface area contributed by atoms with Crippen LogP contribution in [0.3, 0.4) is 0 Å². The number of nitro groups is 1. The van der Waals surface area contributed by atoms with Gasteiger partial charge in [-0.3, -0.25) is 10.1 Å². The Morgan fingerprint density at radius 3 is 2.13 bits per heavy atom. The van der Waals surface area contributed by atoms with Crippen LogP contribution in [0, 0.1) is 10.1 Å². The number of amidine groups is 1. The Kier molecular flexibility index (Phi) is 6.50. The van der Waals surface area contributed by atoms with E-state index in [-0.39, 0.29) is 16.6 Å². The number of halogens is 6. The molecule has 1 heterocycles. The fourth-order valence-corrected chi connectivity index (χ4v) is 2.66. The minimum absolute atomic E-state index is 0.0917. The molecule has 14 heteroatoms. The van der Waals surface area contributed by atoms with Crippen LogP contribution < -0.4 is 5.73 Å². The van der Waals surface area contributed by atoms with Gasteiger partial charge in [-0.05, 0) is 29.8 Å². The van der Waals surface area contributed by atoms with Gasteiger partial charge in [-0.15, -0.1) is 0 Å². The SMILES string of the molecule is N/C(=N\OC(=O)C=Cc1csc([N+](=O)[O-])c1)c1cc(C(F)(F)F)cc(C(F)(F)F)c1. The maximum atomic E-state index is 12.8. The van der Waals surface area contributed by atoms with E-state index in [0.29, 0.717) is 12.1 Å². The number of hydrogen-bond donors (Lipinski definition) is 1. The first-order valence-electron chi connectivity index (χ1n) is 7.52. The molecular weight excluding hydrogens is 444 g/mol. The van der Waals surface area contributed by atoms with Gasteiger partial charge in [-0.1, -0.05) is 16.5 Å². The summed E-state index contributed by atoms with van der Waals surface area (Å²) in [6.07, 6.45) is -8.25. The largest absolute Gasteiger partial charge is 0.416 e. The van der Waals surface area contributed by atoms with Crippen LogP contribution in [0.15, 0.2) is 40.9 Å². The van der Waals surface area contributed by atoms with Crippen molar-refractivity contribution in [1.29, 1.82) is 0 Å². The molecule has 0 unspecified atom stereocenters. The van der Waals surface area contributed by atoms with Crippen LogP contribution >= 0.6 is 11.3 Å². The highest BCUT2D eigenvalue weighted by molar-refractivity contribution is 7.13. The number of oxime groups is 1. The maximum Gasteiger partial charge on any atom is 0.416 e. The Labute approximate surface area is 167 Å². The van der Waals surface area contributed by atoms with E-state index in [1.807, 2.05) is 0 Å². The lowest BCUT2D eigenvalue weighted by Crippen LogP contribution is -2.19. The van der Waals surface area contributed by atoms with E-state index in [1.165, 1.54) is 5.38 Å². The first-order chi connectivity index (χ1) is 13.8. The number of nitrogens with two attached hydrogens (primary N) is 1. The number of carbonyl (C=O) groups is 1. The molecule has 2 rings (SSSR count). The van der Waals surface area contributed by atoms with Gasteiger partial charge in [-0.2, -0.15) is 26.3 Å². The second-order valence-electron chi connectivity index (χ2n) is 5.49. The van der Waals surface area contributed by atoms with E-state index in [4.69, 9.17) is 5.73 Å². The lowest BCUT2D eigenvalue weighted by atomic mass is 10.0. The minimum atomic E-state index is -5.08. The maximum absolute atomic E-state index is 12.8. The quantitative estimate of drug-likeness (QED) is 0.136. The third-order valence-electron chi connectivity index (χ3n) is 3.32. The van der Waals surface area contributed by atoms with Crippen molar-refractivity contribution >= 4 is 34.2 Å². The molecule has 0 fully saturated rings. The van der Waals surface area contributed by atoms with Gasteiger partial charge in [0.05, 0.1) is 16.1 Å². The number of carbonyl (C=O) groups excluding carboxylic acids is 1. The van der Waals surface area contributed by atoms with E-state index < -0.39 is 45.8 Å². The van der Waals surface area contributed by atoms with Crippen molar-refractivity contribution in [1.82, 2.24) is 0 Å². The molecular formula is C16H9F6N3O4S. The third-order valence-corrected chi connectivity index (χ3v) is 4.21. The molecule has 0 aliphatic rings. The van der Waals surface area contributed by atoms with Gasteiger partial charge >= 0.3 is 23.3 Å². The van der Waals surface area contributed by atoms with Crippen LogP contribution in [0.5, 0.6) is 0 Å². The summed E-state index contributed by atoms with van der Waals surface area (Å²) >= 11 is 0.798. The van der Waals surface area contributed by atoms with E-state index in [0.717, 1.165) is 29.6 Å². The zero-order chi connectivity index (χ0) is 22.7. The second kappa shape index (κ2) is 8.52. The van der Waals surface area contributed by atoms with Crippen LogP contribution in [0.2, 0.25) is 0 Å². The Morgan fingerprint density at radius 1 is 1.10 bits per heavy atom. The highest BCUT2D eigenvalue weighted by Gasteiger charge is 2.37. The average Bonchev–Trinajstić information content (AvgIpc) is 3.12. The number of nitrogens with zero attached hydrogens (tertiary/aromatic N) is 2. The Balaban J connectivity index is 2.20. The van der Waals surface area contributed by atoms with E-state index in [2.05, 4.69) is 9.99 Å². The predicted molar refractivity (Wildman–Crippen MR) is 93.3 cm³/mol. The topological polar surface area (TPSA) is 108 Å². The van der Waals surface area contributed by atoms with Gasteiger partial charge in [0, 0.05) is 23.1 Å². The summed E-state index contributed by atoms with van der Waals surface area (Å²) in [5.41, 5.74) is 1.65. The molecule has 0 bridgehead atoms. The standard InChI is InChI=1S/C16H9F6N3O4S/c17-15(18,19)10-4-9(5-11(6-10)16(20,21)22)14(23)24-29-13(26)2-1-8-3-12(25(27)28)30-7-8/h1-7H,(H2,23,24). The Bertz CT molecular complexity index is 994. The third kappa shape index (κ3) is 6.04. The summed E-state index contributed by atoms with van der Waals surface area (Å²) in [6, 6.07) is 1.71. The molecule has 2 aromatic rings. The summed E-state index contributed by atoms with van der Waals surface area (Å²) in [6.45, 7) is 0. The molecule has 160 valence electrons. The molecule has 1 aromatic carbocycles. The van der Waals surface area contributed by atoms with Gasteiger partial charge < -0.3 is 10.6 Å². The molecule has 0 spiro atoms. The zero-order valence-electron chi connectivity index (χ0n) is 14.3. The van der Waals surface area contributed by atoms with Crippen LogP contribution in [-0.4, -0.2) is 16.7 Å². The van der Waals surface area contributed by atoms with E-state index in [1.54, 1.807) is 0 Å². The zero-order valence-corrected chi connectivity index (χ0v) is 15.1. The smallest absolute Gasteiger partial charge is 0.380 e. The first kappa shape index (κ1) is 22.9. The van der Waals surface area contributed by atoms with Gasteiger partial charge in [-0.25, -0.2) is 4.79 Å². The molecule has 7 nitrogen and oxygen atoms in total. The lowest BCUT2D eigenvalue weighted by Gasteiger charge is -2.13. The lowest BCUT2D eigenvalue weighted by molar-refractivity contribution is -0.380. The van der Waals surface area contributed by atoms with Crippen molar-refractivity contribution in [2.45, 2.75) is 12.4 Å². The number of alkyl halides is 6. The summed E-state index contributed by atoms with van der Waals surface area (Å²) in [5, 5.41) is 14.8. The molecule has 0 amide bonds. The fourth-order valence-electron chi connectivity index (χ4n) is 1.97. The normalized spacial score (nSPS) is 12.9. The highest BCUT2D eigenvalue weighted by atomic mass is 32.1. The molecule has 0 saturated heterocycles.